The van der Waals surface area contributed by atoms with Crippen molar-refractivity contribution in [2.24, 2.45) is 5.73 Å². The van der Waals surface area contributed by atoms with E-state index >= 15 is 0 Å². The van der Waals surface area contributed by atoms with Crippen molar-refractivity contribution in [2.75, 3.05) is 0 Å². The van der Waals surface area contributed by atoms with Crippen molar-refractivity contribution in [3.05, 3.63) is 11.2 Å². The molecule has 1 heterocycles. The van der Waals surface area contributed by atoms with E-state index in [4.69, 9.17) is 18.0 Å². The molecule has 1 rings (SSSR count). The van der Waals surface area contributed by atoms with Crippen molar-refractivity contribution < 1.29 is 8.42 Å². The molecule has 0 aliphatic carbocycles. The topological polar surface area (TPSA) is 85.1 Å². The fourth-order valence-corrected chi connectivity index (χ4v) is 3.94. The van der Waals surface area contributed by atoms with Crippen LogP contribution in [0.1, 0.15) is 25.3 Å². The number of thiocarbonyl (C=S) groups is 1. The normalized spacial score (nSPS) is 15.5. The molecule has 0 fully saturated rings. The van der Waals surface area contributed by atoms with Crippen LogP contribution in [-0.2, 0) is 10.0 Å². The fraction of sp³-hybridized carbons (Fsp3) is 0.556. The molecule has 0 bridgehead atoms. The van der Waals surface area contributed by atoms with Gasteiger partial charge in [-0.2, -0.15) is 4.72 Å². The van der Waals surface area contributed by atoms with Crippen LogP contribution in [0, 0.1) is 6.92 Å². The van der Waals surface area contributed by atoms with Gasteiger partial charge in [-0.05, 0) is 20.3 Å². The molecule has 1 aromatic rings. The largest absolute Gasteiger partial charge is 0.392 e. The number of sulfonamides is 1. The molecule has 1 unspecified atom stereocenters. The summed E-state index contributed by atoms with van der Waals surface area (Å²) in [6, 6.07) is 0. The second-order valence-corrected chi connectivity index (χ2v) is 7.44. The minimum atomic E-state index is -3.62. The number of aryl methyl sites for hydroxylation is 1. The van der Waals surface area contributed by atoms with Crippen molar-refractivity contribution in [2.45, 2.75) is 36.9 Å². The third kappa shape index (κ3) is 3.21. The zero-order valence-corrected chi connectivity index (χ0v) is 12.3. The Morgan fingerprint density at radius 3 is 2.65 bits per heavy atom. The maximum atomic E-state index is 12.1. The van der Waals surface area contributed by atoms with Crippen LogP contribution in [0.3, 0.4) is 0 Å². The first-order valence-corrected chi connectivity index (χ1v) is 7.68. The minimum Gasteiger partial charge on any atom is -0.392 e. The molecule has 0 amide bonds. The number of aromatic nitrogens is 1. The zero-order chi connectivity index (χ0) is 13.3. The summed E-state index contributed by atoms with van der Waals surface area (Å²) in [6.45, 7) is 5.23. The van der Waals surface area contributed by atoms with E-state index in [-0.39, 0.29) is 9.20 Å². The Hall–Kier alpha value is -0.570. The number of nitrogens with two attached hydrogens (primary N) is 1. The average Bonchev–Trinajstić information content (AvgIpc) is 2.64. The predicted octanol–water partition coefficient (Wildman–Crippen LogP) is 1.18. The summed E-state index contributed by atoms with van der Waals surface area (Å²) in [5, 5.41) is 0.693. The van der Waals surface area contributed by atoms with Gasteiger partial charge in [-0.25, -0.2) is 13.4 Å². The molecule has 3 N–H and O–H groups in total. The third-order valence-corrected chi connectivity index (χ3v) is 5.90. The summed E-state index contributed by atoms with van der Waals surface area (Å²) in [5.74, 6) is 0. The molecule has 1 atom stereocenters. The predicted molar refractivity (Wildman–Crippen MR) is 72.7 cm³/mol. The fourth-order valence-electron chi connectivity index (χ4n) is 1.11. The Morgan fingerprint density at radius 2 is 2.29 bits per heavy atom. The highest BCUT2D eigenvalue weighted by Gasteiger charge is 2.32. The summed E-state index contributed by atoms with van der Waals surface area (Å²) < 4.78 is 26.8. The first kappa shape index (κ1) is 14.5. The number of thiazole rings is 1. The monoisotopic (exact) mass is 293 g/mol. The van der Waals surface area contributed by atoms with Crippen LogP contribution < -0.4 is 10.5 Å². The number of hydrogen-bond acceptors (Lipinski definition) is 5. The van der Waals surface area contributed by atoms with Crippen molar-refractivity contribution in [1.29, 1.82) is 0 Å². The van der Waals surface area contributed by atoms with Gasteiger partial charge in [0.05, 0.1) is 21.7 Å². The van der Waals surface area contributed by atoms with Crippen LogP contribution in [0.2, 0.25) is 0 Å². The lowest BCUT2D eigenvalue weighted by molar-refractivity contribution is 0.513. The van der Waals surface area contributed by atoms with Crippen molar-refractivity contribution in [1.82, 2.24) is 9.71 Å². The summed E-state index contributed by atoms with van der Waals surface area (Å²) in [6.07, 6.45) is 1.82. The molecule has 8 heteroatoms. The van der Waals surface area contributed by atoms with Crippen LogP contribution >= 0.6 is 23.6 Å². The number of hydrogen-bond donors (Lipinski definition) is 2. The molecule has 1 aromatic heterocycles. The second kappa shape index (κ2) is 4.97. The minimum absolute atomic E-state index is 0.129. The Balaban J connectivity index is 3.06. The maximum absolute atomic E-state index is 12.1. The molecule has 0 saturated heterocycles. The van der Waals surface area contributed by atoms with Crippen LogP contribution in [-0.4, -0.2) is 23.9 Å². The Morgan fingerprint density at radius 1 is 1.71 bits per heavy atom. The van der Waals surface area contributed by atoms with Crippen molar-refractivity contribution >= 4 is 38.6 Å². The van der Waals surface area contributed by atoms with E-state index in [1.807, 2.05) is 6.92 Å². The van der Waals surface area contributed by atoms with E-state index in [0.717, 1.165) is 11.3 Å². The smallest absolute Gasteiger partial charge is 0.252 e. The van der Waals surface area contributed by atoms with Gasteiger partial charge < -0.3 is 5.73 Å². The van der Waals surface area contributed by atoms with Crippen LogP contribution in [0.5, 0.6) is 0 Å². The number of nitrogens with one attached hydrogen (secondary N) is 1. The molecule has 0 spiro atoms. The molecule has 0 aliphatic heterocycles. The third-order valence-electron chi connectivity index (χ3n) is 2.48. The molecule has 0 aromatic carbocycles. The number of rotatable bonds is 5. The number of nitrogens with zero attached hydrogens (tertiary/aromatic N) is 1. The Kier molecular flexibility index (Phi) is 4.23. The first-order valence-electron chi connectivity index (χ1n) is 4.97. The van der Waals surface area contributed by atoms with Crippen molar-refractivity contribution in [3.63, 3.8) is 0 Å². The quantitative estimate of drug-likeness (QED) is 0.796. The lowest BCUT2D eigenvalue weighted by Crippen LogP contribution is -2.53. The van der Waals surface area contributed by atoms with Gasteiger partial charge in [-0.3, -0.25) is 0 Å². The van der Waals surface area contributed by atoms with Gasteiger partial charge in [-0.15, -0.1) is 11.3 Å². The molecule has 0 aliphatic rings. The van der Waals surface area contributed by atoms with Crippen LogP contribution in [0.4, 0.5) is 0 Å². The highest BCUT2D eigenvalue weighted by molar-refractivity contribution is 7.91. The zero-order valence-electron chi connectivity index (χ0n) is 9.85. The summed E-state index contributed by atoms with van der Waals surface area (Å²) in [4.78, 5) is 4.05. The molecule has 0 saturated carbocycles. The molecule has 5 nitrogen and oxygen atoms in total. The van der Waals surface area contributed by atoms with E-state index in [2.05, 4.69) is 9.71 Å². The highest BCUT2D eigenvalue weighted by Crippen LogP contribution is 2.21. The maximum Gasteiger partial charge on any atom is 0.252 e. The van der Waals surface area contributed by atoms with Crippen LogP contribution in [0.15, 0.2) is 10.4 Å². The highest BCUT2D eigenvalue weighted by atomic mass is 32.2. The van der Waals surface area contributed by atoms with Gasteiger partial charge in [0.25, 0.3) is 10.0 Å². The SMILES string of the molecule is CCC(C)(NS(=O)(=O)c1cnc(C)s1)C(N)=S. The van der Waals surface area contributed by atoms with E-state index in [1.54, 1.807) is 13.8 Å². The van der Waals surface area contributed by atoms with E-state index in [1.165, 1.54) is 6.20 Å². The summed E-state index contributed by atoms with van der Waals surface area (Å²) in [5.41, 5.74) is 4.65. The summed E-state index contributed by atoms with van der Waals surface area (Å²) in [7, 11) is -3.62. The van der Waals surface area contributed by atoms with Gasteiger partial charge in [-0.1, -0.05) is 19.1 Å². The second-order valence-electron chi connectivity index (χ2n) is 3.85. The average molecular weight is 293 g/mol. The Labute approximate surface area is 110 Å². The molecular formula is C9H15N3O2S3. The lowest BCUT2D eigenvalue weighted by atomic mass is 10.0. The van der Waals surface area contributed by atoms with E-state index in [9.17, 15) is 8.42 Å². The summed E-state index contributed by atoms with van der Waals surface area (Å²) >= 11 is 6.00. The van der Waals surface area contributed by atoms with Gasteiger partial charge in [0.15, 0.2) is 4.21 Å². The Bertz CT molecular complexity index is 523. The van der Waals surface area contributed by atoms with Crippen molar-refractivity contribution in [3.8, 4) is 0 Å². The van der Waals surface area contributed by atoms with E-state index < -0.39 is 15.6 Å². The van der Waals surface area contributed by atoms with Gasteiger partial charge >= 0.3 is 0 Å². The molecule has 96 valence electrons. The van der Waals surface area contributed by atoms with Gasteiger partial charge in [0, 0.05) is 0 Å². The molecule has 17 heavy (non-hydrogen) atoms. The molecular weight excluding hydrogens is 278 g/mol. The standard InChI is InChI=1S/C9H15N3O2S3/c1-4-9(3,8(10)15)12-17(13,14)7-5-11-6(2)16-7/h5,12H,4H2,1-3H3,(H2,10,15). The van der Waals surface area contributed by atoms with Crippen LogP contribution in [0.25, 0.3) is 0 Å². The van der Waals surface area contributed by atoms with E-state index in [0.29, 0.717) is 11.4 Å². The first-order chi connectivity index (χ1) is 7.71. The lowest BCUT2D eigenvalue weighted by Gasteiger charge is -2.27. The molecule has 0 radical (unpaired) electrons. The van der Waals surface area contributed by atoms with Gasteiger partial charge in [0.2, 0.25) is 0 Å². The van der Waals surface area contributed by atoms with Gasteiger partial charge in [0.1, 0.15) is 0 Å².